The number of nitrogens with zero attached hydrogens (tertiary/aromatic N) is 1. The summed E-state index contributed by atoms with van der Waals surface area (Å²) in [4.78, 5) is 4.61. The summed E-state index contributed by atoms with van der Waals surface area (Å²) >= 11 is 0. The molecule has 1 heterocycles. The van der Waals surface area contributed by atoms with Gasteiger partial charge in [-0.1, -0.05) is 24.3 Å². The quantitative estimate of drug-likeness (QED) is 0.453. The smallest absolute Gasteiger partial charge is 0.191 e. The van der Waals surface area contributed by atoms with Crippen molar-refractivity contribution in [1.82, 2.24) is 10.6 Å². The maximum absolute atomic E-state index is 10.7. The molecule has 6 heteroatoms. The molecule has 2 rings (SSSR count). The number of hydrogen-bond donors (Lipinski definition) is 3. The van der Waals surface area contributed by atoms with E-state index >= 15 is 0 Å². The molecule has 0 bridgehead atoms. The lowest BCUT2D eigenvalue weighted by Gasteiger charge is -2.22. The summed E-state index contributed by atoms with van der Waals surface area (Å²) in [7, 11) is 0. The van der Waals surface area contributed by atoms with Crippen LogP contribution in [0.15, 0.2) is 45.8 Å². The Morgan fingerprint density at radius 3 is 2.39 bits per heavy atom. The lowest BCUT2D eigenvalue weighted by Crippen LogP contribution is -2.44. The van der Waals surface area contributed by atoms with Crippen molar-refractivity contribution in [2.24, 2.45) is 4.99 Å². The topological polar surface area (TPSA) is 79.0 Å². The lowest BCUT2D eigenvalue weighted by molar-refractivity contribution is 0.0378. The molecule has 3 N–H and O–H groups in total. The molecular weight excluding hydrogens is 354 g/mol. The van der Waals surface area contributed by atoms with Crippen molar-refractivity contribution < 1.29 is 14.3 Å². The number of benzene rings is 1. The molecule has 2 aromatic rings. The van der Waals surface area contributed by atoms with E-state index in [4.69, 9.17) is 9.15 Å². The van der Waals surface area contributed by atoms with Crippen molar-refractivity contribution in [3.05, 3.63) is 59.0 Å². The summed E-state index contributed by atoms with van der Waals surface area (Å²) in [5.74, 6) is 1.96. The number of aliphatic hydroxyl groups is 1. The summed E-state index contributed by atoms with van der Waals surface area (Å²) in [6, 6.07) is 11.9. The van der Waals surface area contributed by atoms with Crippen LogP contribution >= 0.6 is 0 Å². The van der Waals surface area contributed by atoms with Crippen molar-refractivity contribution >= 4 is 5.96 Å². The number of hydrogen-bond acceptors (Lipinski definition) is 4. The fraction of sp³-hybridized carbons (Fsp3) is 0.500. The zero-order valence-corrected chi connectivity index (χ0v) is 17.6. The third-order valence-corrected chi connectivity index (χ3v) is 4.24. The minimum absolute atomic E-state index is 0.223. The minimum Gasteiger partial charge on any atom is -0.463 e. The Balaban J connectivity index is 1.94. The molecule has 0 saturated carbocycles. The van der Waals surface area contributed by atoms with Crippen molar-refractivity contribution in [3.63, 3.8) is 0 Å². The zero-order chi connectivity index (χ0) is 20.6. The molecule has 0 saturated heterocycles. The highest BCUT2D eigenvalue weighted by molar-refractivity contribution is 5.79. The van der Waals surface area contributed by atoms with Crippen LogP contribution in [0.1, 0.15) is 50.3 Å². The Labute approximate surface area is 168 Å². The van der Waals surface area contributed by atoms with Crippen LogP contribution < -0.4 is 10.6 Å². The van der Waals surface area contributed by atoms with Crippen LogP contribution in [0.3, 0.4) is 0 Å². The van der Waals surface area contributed by atoms with E-state index in [-0.39, 0.29) is 12.6 Å². The molecular formula is C22H33N3O3. The van der Waals surface area contributed by atoms with Gasteiger partial charge < -0.3 is 24.9 Å². The number of rotatable bonds is 9. The number of guanidine groups is 1. The van der Waals surface area contributed by atoms with Crippen molar-refractivity contribution in [3.8, 4) is 0 Å². The molecule has 0 aliphatic heterocycles. The van der Waals surface area contributed by atoms with Gasteiger partial charge in [-0.05, 0) is 57.9 Å². The second-order valence-corrected chi connectivity index (χ2v) is 7.41. The van der Waals surface area contributed by atoms with Crippen molar-refractivity contribution in [2.45, 2.75) is 59.5 Å². The first-order valence-electron chi connectivity index (χ1n) is 9.81. The SMILES string of the molecule is CCNC(=NCc1ccc(COC(C)C)cc1)NCC(C)(O)c1ccc(C)o1. The molecule has 0 amide bonds. The maximum atomic E-state index is 10.7. The average Bonchev–Trinajstić information content (AvgIpc) is 3.10. The highest BCUT2D eigenvalue weighted by atomic mass is 16.5. The normalized spacial score (nSPS) is 14.2. The minimum atomic E-state index is -1.12. The molecule has 1 unspecified atom stereocenters. The van der Waals surface area contributed by atoms with Gasteiger partial charge in [0.2, 0.25) is 0 Å². The van der Waals surface area contributed by atoms with Gasteiger partial charge in [-0.2, -0.15) is 0 Å². The highest BCUT2D eigenvalue weighted by Gasteiger charge is 2.27. The van der Waals surface area contributed by atoms with Crippen LogP contribution in [0, 0.1) is 6.92 Å². The van der Waals surface area contributed by atoms with Gasteiger partial charge >= 0.3 is 0 Å². The van der Waals surface area contributed by atoms with E-state index in [0.29, 0.717) is 24.9 Å². The van der Waals surface area contributed by atoms with Gasteiger partial charge in [0.15, 0.2) is 5.96 Å². The number of nitrogens with one attached hydrogen (secondary N) is 2. The Kier molecular flexibility index (Phi) is 8.08. The number of furan rings is 1. The standard InChI is InChI=1S/C22H33N3O3/c1-6-23-21(25-15-22(5,26)20-12-7-17(4)28-20)24-13-18-8-10-19(11-9-18)14-27-16(2)3/h7-12,16,26H,6,13-15H2,1-5H3,(H2,23,24,25). The molecule has 1 aromatic heterocycles. The van der Waals surface area contributed by atoms with Crippen LogP contribution in [0.4, 0.5) is 0 Å². The summed E-state index contributed by atoms with van der Waals surface area (Å²) in [6.45, 7) is 11.8. The summed E-state index contributed by atoms with van der Waals surface area (Å²) < 4.78 is 11.2. The number of aryl methyl sites for hydroxylation is 1. The second kappa shape index (κ2) is 10.3. The number of aliphatic imine (C=N–C) groups is 1. The van der Waals surface area contributed by atoms with E-state index in [1.165, 1.54) is 0 Å². The molecule has 154 valence electrons. The van der Waals surface area contributed by atoms with Crippen LogP contribution in [-0.2, 0) is 23.5 Å². The Bertz CT molecular complexity index is 749. The third kappa shape index (κ3) is 7.02. The molecule has 0 radical (unpaired) electrons. The van der Waals surface area contributed by atoms with Crippen molar-refractivity contribution in [2.75, 3.05) is 13.1 Å². The maximum Gasteiger partial charge on any atom is 0.191 e. The second-order valence-electron chi connectivity index (χ2n) is 7.41. The zero-order valence-electron chi connectivity index (χ0n) is 17.6. The van der Waals surface area contributed by atoms with Crippen LogP contribution in [0.25, 0.3) is 0 Å². The Hall–Kier alpha value is -2.31. The largest absolute Gasteiger partial charge is 0.463 e. The third-order valence-electron chi connectivity index (χ3n) is 4.24. The highest BCUT2D eigenvalue weighted by Crippen LogP contribution is 2.21. The van der Waals surface area contributed by atoms with Gasteiger partial charge in [-0.25, -0.2) is 4.99 Å². The summed E-state index contributed by atoms with van der Waals surface area (Å²) in [5.41, 5.74) is 1.14. The summed E-state index contributed by atoms with van der Waals surface area (Å²) in [5, 5.41) is 17.1. The monoisotopic (exact) mass is 387 g/mol. The van der Waals surface area contributed by atoms with Gasteiger partial charge in [0.25, 0.3) is 0 Å². The van der Waals surface area contributed by atoms with Gasteiger partial charge in [0, 0.05) is 6.54 Å². The predicted molar refractivity (Wildman–Crippen MR) is 112 cm³/mol. The van der Waals surface area contributed by atoms with Gasteiger partial charge in [-0.3, -0.25) is 0 Å². The van der Waals surface area contributed by atoms with E-state index in [0.717, 1.165) is 23.4 Å². The van der Waals surface area contributed by atoms with Gasteiger partial charge in [-0.15, -0.1) is 0 Å². The first-order chi connectivity index (χ1) is 13.3. The molecule has 0 fully saturated rings. The van der Waals surface area contributed by atoms with Gasteiger partial charge in [0.05, 0.1) is 25.8 Å². The van der Waals surface area contributed by atoms with E-state index in [1.54, 1.807) is 13.0 Å². The van der Waals surface area contributed by atoms with E-state index in [2.05, 4.69) is 39.9 Å². The molecule has 28 heavy (non-hydrogen) atoms. The molecule has 1 atom stereocenters. The van der Waals surface area contributed by atoms with Crippen molar-refractivity contribution in [1.29, 1.82) is 0 Å². The average molecular weight is 388 g/mol. The Morgan fingerprint density at radius 2 is 1.82 bits per heavy atom. The fourth-order valence-electron chi connectivity index (χ4n) is 2.58. The van der Waals surface area contributed by atoms with E-state index in [1.807, 2.05) is 33.8 Å². The molecule has 0 aliphatic carbocycles. The molecule has 0 aliphatic rings. The Morgan fingerprint density at radius 1 is 1.14 bits per heavy atom. The van der Waals surface area contributed by atoms with Crippen LogP contribution in [-0.4, -0.2) is 30.3 Å². The lowest BCUT2D eigenvalue weighted by atomic mass is 10.0. The molecule has 6 nitrogen and oxygen atoms in total. The van der Waals surface area contributed by atoms with Gasteiger partial charge in [0.1, 0.15) is 17.1 Å². The molecule has 1 aromatic carbocycles. The predicted octanol–water partition coefficient (Wildman–Crippen LogP) is 3.48. The number of ether oxygens (including phenoxy) is 1. The summed E-state index contributed by atoms with van der Waals surface area (Å²) in [6.07, 6.45) is 0.223. The van der Waals surface area contributed by atoms with Crippen LogP contribution in [0.5, 0.6) is 0 Å². The van der Waals surface area contributed by atoms with Crippen LogP contribution in [0.2, 0.25) is 0 Å². The molecule has 0 spiro atoms. The first kappa shape index (κ1) is 22.0. The van der Waals surface area contributed by atoms with E-state index in [9.17, 15) is 5.11 Å². The first-order valence-corrected chi connectivity index (χ1v) is 9.81. The fourth-order valence-corrected chi connectivity index (χ4v) is 2.58. The van der Waals surface area contributed by atoms with E-state index < -0.39 is 5.60 Å².